The van der Waals surface area contributed by atoms with Crippen LogP contribution in [0.5, 0.6) is 0 Å². The van der Waals surface area contributed by atoms with Gasteiger partial charge in [-0.15, -0.1) is 0 Å². The topological polar surface area (TPSA) is 105 Å². The van der Waals surface area contributed by atoms with Gasteiger partial charge in [0.1, 0.15) is 11.5 Å². The van der Waals surface area contributed by atoms with E-state index in [0.717, 1.165) is 0 Å². The number of aromatic amines is 2. The minimum Gasteiger partial charge on any atom is -0.373 e. The van der Waals surface area contributed by atoms with Crippen molar-refractivity contribution in [2.75, 3.05) is 5.32 Å². The van der Waals surface area contributed by atoms with Crippen molar-refractivity contribution in [3.8, 4) is 0 Å². The second kappa shape index (κ2) is 2.13. The molecule has 2 aliphatic heterocycles. The van der Waals surface area contributed by atoms with Gasteiger partial charge in [-0.2, -0.15) is 0 Å². The lowest BCUT2D eigenvalue weighted by atomic mass is 10.4. The minimum atomic E-state index is -0.904. The van der Waals surface area contributed by atoms with Gasteiger partial charge in [0.15, 0.2) is 18.7 Å². The Morgan fingerprint density at radius 3 is 3.00 bits per heavy atom. The van der Waals surface area contributed by atoms with E-state index in [1.165, 1.54) is 0 Å². The molecule has 0 amide bonds. The van der Waals surface area contributed by atoms with Gasteiger partial charge in [0.2, 0.25) is 0 Å². The molecule has 7 nitrogen and oxygen atoms in total. The lowest BCUT2D eigenvalue weighted by Crippen LogP contribution is -2.25. The molecule has 3 atom stereocenters. The molecule has 1 fully saturated rings. The summed E-state index contributed by atoms with van der Waals surface area (Å²) in [6, 6.07) is 0. The van der Waals surface area contributed by atoms with Crippen molar-refractivity contribution in [1.29, 1.82) is 0 Å². The molecule has 0 aromatic carbocycles. The van der Waals surface area contributed by atoms with Crippen LogP contribution in [0.1, 0.15) is 11.9 Å². The SMILES string of the molecule is O=c1[nH]c2c([nH]1)[C@H](O)NC1OC1N2. The van der Waals surface area contributed by atoms with Gasteiger partial charge in [-0.3, -0.25) is 10.3 Å². The zero-order valence-electron chi connectivity index (χ0n) is 6.50. The maximum Gasteiger partial charge on any atom is 0.324 e. The molecule has 0 saturated carbocycles. The second-order valence-electron chi connectivity index (χ2n) is 3.06. The molecule has 0 spiro atoms. The van der Waals surface area contributed by atoms with Crippen LogP contribution in [0.3, 0.4) is 0 Å². The summed E-state index contributed by atoms with van der Waals surface area (Å²) in [6.07, 6.45) is -1.25. The zero-order chi connectivity index (χ0) is 9.00. The summed E-state index contributed by atoms with van der Waals surface area (Å²) in [5.74, 6) is 0.481. The molecule has 2 aliphatic rings. The summed E-state index contributed by atoms with van der Waals surface area (Å²) in [7, 11) is 0. The Labute approximate surface area is 72.1 Å². The first-order valence-electron chi connectivity index (χ1n) is 3.92. The van der Waals surface area contributed by atoms with Gasteiger partial charge in [0, 0.05) is 0 Å². The maximum atomic E-state index is 10.9. The smallest absolute Gasteiger partial charge is 0.324 e. The molecule has 2 unspecified atom stereocenters. The van der Waals surface area contributed by atoms with Crippen LogP contribution in [0.2, 0.25) is 0 Å². The van der Waals surface area contributed by atoms with Crippen LogP contribution in [0, 0.1) is 0 Å². The number of hydrogen-bond acceptors (Lipinski definition) is 5. The third-order valence-corrected chi connectivity index (χ3v) is 2.13. The van der Waals surface area contributed by atoms with E-state index in [-0.39, 0.29) is 18.1 Å². The maximum absolute atomic E-state index is 10.9. The van der Waals surface area contributed by atoms with Crippen LogP contribution in [0.4, 0.5) is 5.82 Å². The van der Waals surface area contributed by atoms with Crippen LogP contribution in [0.25, 0.3) is 0 Å². The van der Waals surface area contributed by atoms with Crippen molar-refractivity contribution in [1.82, 2.24) is 15.3 Å². The molecule has 1 aromatic rings. The van der Waals surface area contributed by atoms with E-state index >= 15 is 0 Å². The number of H-pyrrole nitrogens is 2. The van der Waals surface area contributed by atoms with Crippen molar-refractivity contribution in [2.24, 2.45) is 0 Å². The molecule has 1 aromatic heterocycles. The molecule has 0 aliphatic carbocycles. The number of rotatable bonds is 0. The van der Waals surface area contributed by atoms with Crippen LogP contribution < -0.4 is 16.3 Å². The normalized spacial score (nSPS) is 35.6. The number of nitrogens with one attached hydrogen (secondary N) is 4. The number of imidazole rings is 1. The first kappa shape index (κ1) is 7.13. The predicted octanol–water partition coefficient (Wildman–Crippen LogP) is -1.61. The van der Waals surface area contributed by atoms with Crippen molar-refractivity contribution in [2.45, 2.75) is 18.7 Å². The molecule has 3 heterocycles. The van der Waals surface area contributed by atoms with Gasteiger partial charge in [-0.25, -0.2) is 4.79 Å². The molecular weight excluding hydrogens is 176 g/mol. The van der Waals surface area contributed by atoms with Crippen molar-refractivity contribution < 1.29 is 9.84 Å². The molecule has 0 bridgehead atoms. The van der Waals surface area contributed by atoms with Crippen molar-refractivity contribution in [3.05, 3.63) is 16.2 Å². The number of epoxide rings is 1. The van der Waals surface area contributed by atoms with E-state index in [1.807, 2.05) is 0 Å². The van der Waals surface area contributed by atoms with Crippen LogP contribution in [0.15, 0.2) is 4.79 Å². The van der Waals surface area contributed by atoms with Crippen molar-refractivity contribution in [3.63, 3.8) is 0 Å². The number of aliphatic hydroxyl groups is 1. The summed E-state index contributed by atoms with van der Waals surface area (Å²) in [6.45, 7) is 0. The Morgan fingerprint density at radius 1 is 1.31 bits per heavy atom. The van der Waals surface area contributed by atoms with E-state index in [1.54, 1.807) is 0 Å². The first-order chi connectivity index (χ1) is 6.24. The highest BCUT2D eigenvalue weighted by Crippen LogP contribution is 2.29. The highest BCUT2D eigenvalue weighted by molar-refractivity contribution is 5.44. The molecule has 70 valence electrons. The van der Waals surface area contributed by atoms with E-state index < -0.39 is 6.23 Å². The minimum absolute atomic E-state index is 0.164. The molecule has 0 radical (unpaired) electrons. The molecule has 7 heteroatoms. The zero-order valence-corrected chi connectivity index (χ0v) is 6.50. The lowest BCUT2D eigenvalue weighted by molar-refractivity contribution is 0.117. The standard InChI is InChI=1S/C6H8N4O3/c11-3-1-2(9-6(12)7-1)8-4-5(10-3)13-4/h3-5,8,10-11H,(H2,7,9,12)/t3-,4?,5?/m0/s1. The van der Waals surface area contributed by atoms with Gasteiger partial charge in [-0.1, -0.05) is 0 Å². The number of aliphatic hydroxyl groups excluding tert-OH is 1. The van der Waals surface area contributed by atoms with E-state index in [9.17, 15) is 9.90 Å². The number of anilines is 1. The van der Waals surface area contributed by atoms with Gasteiger partial charge in [0.25, 0.3) is 0 Å². The number of ether oxygens (including phenoxy) is 1. The second-order valence-corrected chi connectivity index (χ2v) is 3.06. The van der Waals surface area contributed by atoms with E-state index in [4.69, 9.17) is 4.74 Å². The highest BCUT2D eigenvalue weighted by atomic mass is 16.6. The predicted molar refractivity (Wildman–Crippen MR) is 41.8 cm³/mol. The average Bonchev–Trinajstić information content (AvgIpc) is 2.67. The van der Waals surface area contributed by atoms with Crippen LogP contribution in [-0.4, -0.2) is 27.5 Å². The Morgan fingerprint density at radius 2 is 2.15 bits per heavy atom. The lowest BCUT2D eigenvalue weighted by Gasteiger charge is -2.07. The highest BCUT2D eigenvalue weighted by Gasteiger charge is 2.44. The third kappa shape index (κ3) is 0.981. The molecule has 1 saturated heterocycles. The van der Waals surface area contributed by atoms with Gasteiger partial charge in [-0.05, 0) is 0 Å². The number of aromatic nitrogens is 2. The molecule has 5 N–H and O–H groups in total. The molecule has 3 rings (SSSR count). The number of hydrogen-bond donors (Lipinski definition) is 5. The monoisotopic (exact) mass is 184 g/mol. The molecule has 13 heavy (non-hydrogen) atoms. The third-order valence-electron chi connectivity index (χ3n) is 2.13. The van der Waals surface area contributed by atoms with E-state index in [2.05, 4.69) is 20.6 Å². The van der Waals surface area contributed by atoms with Gasteiger partial charge >= 0.3 is 5.69 Å². The van der Waals surface area contributed by atoms with Gasteiger partial charge < -0.3 is 20.1 Å². The Balaban J connectivity index is 2.08. The number of fused-ring (bicyclic) bond motifs is 2. The Kier molecular flexibility index (Phi) is 1.17. The van der Waals surface area contributed by atoms with Gasteiger partial charge in [0.05, 0.1) is 0 Å². The summed E-state index contributed by atoms with van der Waals surface area (Å²) < 4.78 is 5.08. The van der Waals surface area contributed by atoms with Crippen LogP contribution in [-0.2, 0) is 4.74 Å². The van der Waals surface area contributed by atoms with E-state index in [0.29, 0.717) is 11.5 Å². The Hall–Kier alpha value is -1.31. The van der Waals surface area contributed by atoms with Crippen molar-refractivity contribution >= 4 is 5.82 Å². The summed E-state index contributed by atoms with van der Waals surface area (Å²) >= 11 is 0. The summed E-state index contributed by atoms with van der Waals surface area (Å²) in [5.41, 5.74) is 0.0678. The van der Waals surface area contributed by atoms with Crippen LogP contribution >= 0.6 is 0 Å². The fourth-order valence-corrected chi connectivity index (χ4v) is 1.45. The Bertz CT molecular complexity index is 397. The largest absolute Gasteiger partial charge is 0.373 e. The average molecular weight is 184 g/mol. The molecular formula is C6H8N4O3. The quantitative estimate of drug-likeness (QED) is 0.312. The first-order valence-corrected chi connectivity index (χ1v) is 3.92. The fraction of sp³-hybridized carbons (Fsp3) is 0.500. The summed E-state index contributed by atoms with van der Waals surface area (Å²) in [5, 5.41) is 15.2. The summed E-state index contributed by atoms with van der Waals surface area (Å²) in [4.78, 5) is 15.9. The fourth-order valence-electron chi connectivity index (χ4n) is 1.45.